The van der Waals surface area contributed by atoms with Crippen molar-refractivity contribution < 1.29 is 18.3 Å². The maximum Gasteiger partial charge on any atom is 0.320 e. The number of carboxylic acids is 1. The van der Waals surface area contributed by atoms with Crippen LogP contribution in [0.4, 0.5) is 0 Å². The van der Waals surface area contributed by atoms with Gasteiger partial charge in [0.1, 0.15) is 6.04 Å². The van der Waals surface area contributed by atoms with Gasteiger partial charge in [-0.2, -0.15) is 12.7 Å². The summed E-state index contributed by atoms with van der Waals surface area (Å²) in [7, 11) is -3.93. The van der Waals surface area contributed by atoms with Crippen LogP contribution in [0.25, 0.3) is 0 Å². The van der Waals surface area contributed by atoms with Crippen molar-refractivity contribution in [2.75, 3.05) is 6.54 Å². The van der Waals surface area contributed by atoms with Gasteiger partial charge in [-0.15, -0.1) is 0 Å². The number of carboxylic acid groups (broad SMARTS) is 1. The summed E-state index contributed by atoms with van der Waals surface area (Å²) in [6, 6.07) is 2.24. The van der Waals surface area contributed by atoms with E-state index in [9.17, 15) is 13.2 Å². The summed E-state index contributed by atoms with van der Waals surface area (Å²) in [5.74, 6) is -1.18. The molecular formula is C10H16N4O4S. The van der Waals surface area contributed by atoms with Gasteiger partial charge in [0.05, 0.1) is 0 Å². The summed E-state index contributed by atoms with van der Waals surface area (Å²) in [6.07, 6.45) is 3.05. The normalized spacial score (nSPS) is 13.4. The van der Waals surface area contributed by atoms with Crippen molar-refractivity contribution in [1.29, 1.82) is 0 Å². The monoisotopic (exact) mass is 288 g/mol. The Balaban J connectivity index is 2.72. The van der Waals surface area contributed by atoms with E-state index in [2.05, 4.69) is 4.98 Å². The lowest BCUT2D eigenvalue weighted by Gasteiger charge is -2.20. The fraction of sp³-hybridized carbons (Fsp3) is 0.400. The molecule has 0 amide bonds. The second-order valence-corrected chi connectivity index (χ2v) is 5.52. The van der Waals surface area contributed by atoms with Crippen molar-refractivity contribution in [1.82, 2.24) is 9.29 Å². The Morgan fingerprint density at radius 3 is 2.68 bits per heavy atom. The molecule has 106 valence electrons. The van der Waals surface area contributed by atoms with Crippen molar-refractivity contribution in [2.24, 2.45) is 10.9 Å². The molecular weight excluding hydrogens is 272 g/mol. The van der Waals surface area contributed by atoms with E-state index >= 15 is 0 Å². The molecule has 1 aromatic heterocycles. The fourth-order valence-electron chi connectivity index (χ4n) is 1.40. The first-order valence-electron chi connectivity index (χ1n) is 5.46. The number of nitrogens with zero attached hydrogens (tertiary/aromatic N) is 2. The van der Waals surface area contributed by atoms with Crippen LogP contribution < -0.4 is 10.9 Å². The average Bonchev–Trinajstić information content (AvgIpc) is 2.33. The first kappa shape index (κ1) is 15.5. The van der Waals surface area contributed by atoms with Crippen LogP contribution in [0, 0.1) is 0 Å². The highest BCUT2D eigenvalue weighted by Gasteiger charge is 2.20. The second-order valence-electron chi connectivity index (χ2n) is 3.97. The van der Waals surface area contributed by atoms with Crippen LogP contribution in [0.1, 0.15) is 12.0 Å². The van der Waals surface area contributed by atoms with Crippen LogP contribution >= 0.6 is 0 Å². The Morgan fingerprint density at radius 2 is 2.21 bits per heavy atom. The van der Waals surface area contributed by atoms with Crippen molar-refractivity contribution in [3.05, 3.63) is 30.1 Å². The number of nitrogens with two attached hydrogens (primary N) is 2. The standard InChI is InChI=1S/C10H16N4O4S/c11-9(10(15)16)3-5-14(19(12,17)18)7-8-2-1-4-13-6-8/h1-2,4,6,9H,3,5,7,11H2,(H,15,16)(H2,12,17,18). The minimum absolute atomic E-state index is 0.0218. The van der Waals surface area contributed by atoms with E-state index in [1.807, 2.05) is 0 Å². The molecule has 0 aliphatic heterocycles. The number of rotatable bonds is 7. The largest absolute Gasteiger partial charge is 0.480 e. The summed E-state index contributed by atoms with van der Waals surface area (Å²) in [5.41, 5.74) is 5.98. The molecule has 1 heterocycles. The third-order valence-corrected chi connectivity index (χ3v) is 3.48. The quantitative estimate of drug-likeness (QED) is 0.581. The molecule has 5 N–H and O–H groups in total. The summed E-state index contributed by atoms with van der Waals surface area (Å²) < 4.78 is 23.8. The molecule has 0 aliphatic carbocycles. The molecule has 9 heteroatoms. The van der Waals surface area contributed by atoms with Gasteiger partial charge in [0.2, 0.25) is 0 Å². The van der Waals surface area contributed by atoms with E-state index in [1.54, 1.807) is 18.3 Å². The number of pyridine rings is 1. The van der Waals surface area contributed by atoms with E-state index in [4.69, 9.17) is 16.0 Å². The lowest BCUT2D eigenvalue weighted by molar-refractivity contribution is -0.138. The molecule has 0 fully saturated rings. The van der Waals surface area contributed by atoms with Crippen molar-refractivity contribution >= 4 is 16.2 Å². The third kappa shape index (κ3) is 5.30. The van der Waals surface area contributed by atoms with Gasteiger partial charge >= 0.3 is 5.97 Å². The van der Waals surface area contributed by atoms with Gasteiger partial charge in [0.15, 0.2) is 0 Å². The maximum atomic E-state index is 11.4. The van der Waals surface area contributed by atoms with Crippen molar-refractivity contribution in [3.8, 4) is 0 Å². The maximum absolute atomic E-state index is 11.4. The number of hydrogen-bond donors (Lipinski definition) is 3. The summed E-state index contributed by atoms with van der Waals surface area (Å²) in [5, 5.41) is 13.7. The van der Waals surface area contributed by atoms with Crippen LogP contribution in [-0.4, -0.2) is 41.4 Å². The molecule has 0 saturated carbocycles. The number of hydrogen-bond acceptors (Lipinski definition) is 5. The Labute approximate surface area is 111 Å². The lowest BCUT2D eigenvalue weighted by atomic mass is 10.2. The molecule has 1 aromatic rings. The van der Waals surface area contributed by atoms with Gasteiger partial charge < -0.3 is 10.8 Å². The highest BCUT2D eigenvalue weighted by atomic mass is 32.2. The van der Waals surface area contributed by atoms with E-state index in [-0.39, 0.29) is 19.5 Å². The van der Waals surface area contributed by atoms with Crippen molar-refractivity contribution in [2.45, 2.75) is 19.0 Å². The first-order chi connectivity index (χ1) is 8.80. The Kier molecular flexibility index (Phi) is 5.36. The highest BCUT2D eigenvalue weighted by molar-refractivity contribution is 7.86. The number of aliphatic carboxylic acids is 1. The van der Waals surface area contributed by atoms with Gasteiger partial charge in [0.25, 0.3) is 10.2 Å². The summed E-state index contributed by atoms with van der Waals surface area (Å²) >= 11 is 0. The van der Waals surface area contributed by atoms with Gasteiger partial charge in [-0.3, -0.25) is 9.78 Å². The topological polar surface area (TPSA) is 140 Å². The zero-order valence-electron chi connectivity index (χ0n) is 10.1. The minimum atomic E-state index is -3.93. The highest BCUT2D eigenvalue weighted by Crippen LogP contribution is 2.07. The second kappa shape index (κ2) is 6.57. The van der Waals surface area contributed by atoms with E-state index in [1.165, 1.54) is 6.20 Å². The molecule has 0 bridgehead atoms. The van der Waals surface area contributed by atoms with Crippen LogP contribution in [-0.2, 0) is 21.5 Å². The van der Waals surface area contributed by atoms with Gasteiger partial charge in [0, 0.05) is 25.5 Å². The van der Waals surface area contributed by atoms with Gasteiger partial charge in [-0.05, 0) is 18.1 Å². The molecule has 0 saturated heterocycles. The van der Waals surface area contributed by atoms with Gasteiger partial charge in [-0.1, -0.05) is 6.07 Å². The predicted molar refractivity (Wildman–Crippen MR) is 68.0 cm³/mol. The first-order valence-corrected chi connectivity index (χ1v) is 6.96. The van der Waals surface area contributed by atoms with Crippen molar-refractivity contribution in [3.63, 3.8) is 0 Å². The number of carbonyl (C=O) groups is 1. The molecule has 1 unspecified atom stereocenters. The lowest BCUT2D eigenvalue weighted by Crippen LogP contribution is -2.40. The SMILES string of the molecule is NC(CCN(Cc1cccnc1)S(N)(=O)=O)C(=O)O. The zero-order valence-corrected chi connectivity index (χ0v) is 11.0. The Bertz CT molecular complexity index is 520. The van der Waals surface area contributed by atoms with Gasteiger partial charge in [-0.25, -0.2) is 5.14 Å². The molecule has 0 spiro atoms. The smallest absolute Gasteiger partial charge is 0.320 e. The summed E-state index contributed by atoms with van der Waals surface area (Å²) in [4.78, 5) is 14.4. The Morgan fingerprint density at radius 1 is 1.53 bits per heavy atom. The van der Waals surface area contributed by atoms with Crippen LogP contribution in [0.5, 0.6) is 0 Å². The molecule has 0 radical (unpaired) electrons. The molecule has 1 atom stereocenters. The predicted octanol–water partition coefficient (Wildman–Crippen LogP) is -1.11. The molecule has 0 aliphatic rings. The number of aromatic nitrogens is 1. The molecule has 19 heavy (non-hydrogen) atoms. The summed E-state index contributed by atoms with van der Waals surface area (Å²) in [6.45, 7) is -0.0415. The van der Waals surface area contributed by atoms with E-state index < -0.39 is 22.2 Å². The van der Waals surface area contributed by atoms with E-state index in [0.717, 1.165) is 4.31 Å². The zero-order chi connectivity index (χ0) is 14.5. The van der Waals surface area contributed by atoms with E-state index in [0.29, 0.717) is 5.56 Å². The average molecular weight is 288 g/mol. The molecule has 0 aromatic carbocycles. The van der Waals surface area contributed by atoms with Crippen LogP contribution in [0.15, 0.2) is 24.5 Å². The molecule has 8 nitrogen and oxygen atoms in total. The van der Waals surface area contributed by atoms with Crippen LogP contribution in [0.3, 0.4) is 0 Å². The minimum Gasteiger partial charge on any atom is -0.480 e. The molecule has 1 rings (SSSR count). The Hall–Kier alpha value is -1.55. The van der Waals surface area contributed by atoms with Crippen LogP contribution in [0.2, 0.25) is 0 Å². The third-order valence-electron chi connectivity index (χ3n) is 2.45. The fourth-order valence-corrected chi connectivity index (χ4v) is 2.09.